The molecule has 2 N–H and O–H groups in total. The second kappa shape index (κ2) is 6.66. The van der Waals surface area contributed by atoms with E-state index in [1.807, 2.05) is 0 Å². The van der Waals surface area contributed by atoms with Crippen LogP contribution in [0.25, 0.3) is 0 Å². The van der Waals surface area contributed by atoms with E-state index in [9.17, 15) is 19.7 Å². The molecule has 1 heterocycles. The van der Waals surface area contributed by atoms with Crippen LogP contribution in [0.3, 0.4) is 0 Å². The Kier molecular flexibility index (Phi) is 4.66. The van der Waals surface area contributed by atoms with Gasteiger partial charge < -0.3 is 15.3 Å². The normalized spacial score (nSPS) is 16.5. The summed E-state index contributed by atoms with van der Waals surface area (Å²) in [6.45, 7) is -0.482. The Morgan fingerprint density at radius 1 is 1.50 bits per heavy atom. The Labute approximate surface area is 124 Å². The van der Waals surface area contributed by atoms with Crippen molar-refractivity contribution in [2.24, 2.45) is 10.9 Å². The van der Waals surface area contributed by atoms with Gasteiger partial charge in [-0.15, -0.1) is 0 Å². The maximum Gasteiger partial charge on any atom is 0.310 e. The van der Waals surface area contributed by atoms with Crippen LogP contribution < -0.4 is 5.73 Å². The summed E-state index contributed by atoms with van der Waals surface area (Å²) in [6.07, 6.45) is -0.308. The number of amides is 1. The molecule has 1 aromatic carbocycles. The van der Waals surface area contributed by atoms with Gasteiger partial charge in [0.1, 0.15) is 6.10 Å². The van der Waals surface area contributed by atoms with Crippen molar-refractivity contribution in [1.82, 2.24) is 0 Å². The molecule has 1 unspecified atom stereocenters. The first kappa shape index (κ1) is 15.4. The Balaban J connectivity index is 1.92. The number of rotatable bonds is 6. The lowest BCUT2D eigenvalue weighted by Crippen LogP contribution is -2.23. The molecule has 1 aromatic rings. The van der Waals surface area contributed by atoms with Crippen LogP contribution in [0.1, 0.15) is 18.4 Å². The van der Waals surface area contributed by atoms with E-state index in [0.717, 1.165) is 0 Å². The number of carbonyl (C=O) groups is 2. The van der Waals surface area contributed by atoms with Gasteiger partial charge in [0, 0.05) is 24.1 Å². The van der Waals surface area contributed by atoms with Crippen LogP contribution in [0, 0.1) is 10.1 Å². The summed E-state index contributed by atoms with van der Waals surface area (Å²) in [6, 6.07) is 5.97. The molecule has 0 spiro atoms. The Hall–Kier alpha value is -2.97. The minimum Gasteiger partial charge on any atom is -0.455 e. The molecule has 0 bridgehead atoms. The fourth-order valence-corrected chi connectivity index (χ4v) is 1.90. The van der Waals surface area contributed by atoms with E-state index in [1.165, 1.54) is 12.1 Å². The van der Waals surface area contributed by atoms with Crippen molar-refractivity contribution in [2.45, 2.75) is 18.9 Å². The second-order valence-corrected chi connectivity index (χ2v) is 4.61. The van der Waals surface area contributed by atoms with Crippen molar-refractivity contribution in [3.63, 3.8) is 0 Å². The molecule has 1 aliphatic rings. The number of esters is 1. The zero-order chi connectivity index (χ0) is 16.1. The van der Waals surface area contributed by atoms with E-state index in [-0.39, 0.29) is 12.1 Å². The zero-order valence-electron chi connectivity index (χ0n) is 11.4. The molecule has 0 saturated carbocycles. The number of nitro benzene ring substituents is 1. The average Bonchev–Trinajstić information content (AvgIpc) is 2.93. The van der Waals surface area contributed by atoms with E-state index in [0.29, 0.717) is 17.7 Å². The van der Waals surface area contributed by atoms with E-state index >= 15 is 0 Å². The summed E-state index contributed by atoms with van der Waals surface area (Å²) < 4.78 is 4.62. The molecule has 9 heteroatoms. The van der Waals surface area contributed by atoms with Gasteiger partial charge in [0.25, 0.3) is 11.6 Å². The van der Waals surface area contributed by atoms with Crippen LogP contribution >= 0.6 is 0 Å². The number of nitrogens with two attached hydrogens (primary N) is 1. The highest BCUT2D eigenvalue weighted by Gasteiger charge is 2.26. The molecule has 116 valence electrons. The summed E-state index contributed by atoms with van der Waals surface area (Å²) in [4.78, 5) is 37.3. The smallest absolute Gasteiger partial charge is 0.310 e. The van der Waals surface area contributed by atoms with E-state index < -0.39 is 29.5 Å². The largest absolute Gasteiger partial charge is 0.455 e. The van der Waals surface area contributed by atoms with Crippen molar-refractivity contribution >= 4 is 23.3 Å². The van der Waals surface area contributed by atoms with E-state index in [1.54, 1.807) is 12.1 Å². The number of carbonyl (C=O) groups excluding carboxylic acids is 2. The quantitative estimate of drug-likeness (QED) is 0.462. The van der Waals surface area contributed by atoms with Gasteiger partial charge in [-0.2, -0.15) is 0 Å². The number of non-ortho nitro benzene ring substituents is 1. The van der Waals surface area contributed by atoms with Gasteiger partial charge in [-0.25, -0.2) is 0 Å². The Bertz CT molecular complexity index is 642. The molecule has 0 aliphatic carbocycles. The van der Waals surface area contributed by atoms with Crippen molar-refractivity contribution in [3.05, 3.63) is 39.9 Å². The summed E-state index contributed by atoms with van der Waals surface area (Å²) in [5.41, 5.74) is 5.88. The molecule has 0 fully saturated rings. The number of oxime groups is 1. The standard InChI is InChI=1S/C13H13N3O6/c14-12(17)7-21-13(18)6-10-5-11(15-22-10)8-2-1-3-9(4-8)16(19)20/h1-4,10H,5-7H2,(H2,14,17). The minimum atomic E-state index is -0.741. The maximum absolute atomic E-state index is 11.4. The second-order valence-electron chi connectivity index (χ2n) is 4.61. The van der Waals surface area contributed by atoms with Gasteiger partial charge in [0.05, 0.1) is 17.1 Å². The maximum atomic E-state index is 11.4. The molecular weight excluding hydrogens is 294 g/mol. The number of ether oxygens (including phenoxy) is 1. The van der Waals surface area contributed by atoms with Gasteiger partial charge in [-0.3, -0.25) is 19.7 Å². The lowest BCUT2D eigenvalue weighted by Gasteiger charge is -2.07. The molecule has 0 saturated heterocycles. The molecular formula is C13H13N3O6. The van der Waals surface area contributed by atoms with Gasteiger partial charge in [0.2, 0.25) is 0 Å². The third kappa shape index (κ3) is 4.01. The fourth-order valence-electron chi connectivity index (χ4n) is 1.90. The van der Waals surface area contributed by atoms with Crippen molar-refractivity contribution < 1.29 is 24.1 Å². The molecule has 1 atom stereocenters. The van der Waals surface area contributed by atoms with E-state index in [2.05, 4.69) is 9.89 Å². The Morgan fingerprint density at radius 3 is 2.95 bits per heavy atom. The third-order valence-electron chi connectivity index (χ3n) is 2.89. The van der Waals surface area contributed by atoms with Crippen LogP contribution in [0.2, 0.25) is 0 Å². The van der Waals surface area contributed by atoms with Crippen LogP contribution in [-0.4, -0.2) is 35.2 Å². The predicted octanol–water partition coefficient (Wildman–Crippen LogP) is 0.506. The molecule has 1 aliphatic heterocycles. The molecule has 1 amide bonds. The van der Waals surface area contributed by atoms with Crippen LogP contribution in [-0.2, 0) is 19.2 Å². The number of nitrogens with zero attached hydrogens (tertiary/aromatic N) is 2. The van der Waals surface area contributed by atoms with E-state index in [4.69, 9.17) is 10.6 Å². The highest BCUT2D eigenvalue weighted by molar-refractivity contribution is 6.01. The van der Waals surface area contributed by atoms with Crippen molar-refractivity contribution in [2.75, 3.05) is 6.61 Å². The minimum absolute atomic E-state index is 0.0514. The fraction of sp³-hybridized carbons (Fsp3) is 0.308. The van der Waals surface area contributed by atoms with Crippen molar-refractivity contribution in [3.8, 4) is 0 Å². The van der Waals surface area contributed by atoms with Gasteiger partial charge in [0.15, 0.2) is 6.61 Å². The number of benzene rings is 1. The monoisotopic (exact) mass is 307 g/mol. The number of primary amides is 1. The van der Waals surface area contributed by atoms with Gasteiger partial charge in [-0.05, 0) is 0 Å². The first-order valence-electron chi connectivity index (χ1n) is 6.37. The van der Waals surface area contributed by atoms with Crippen molar-refractivity contribution in [1.29, 1.82) is 0 Å². The van der Waals surface area contributed by atoms with Gasteiger partial charge in [-0.1, -0.05) is 17.3 Å². The lowest BCUT2D eigenvalue weighted by atomic mass is 10.0. The number of hydrogen-bond acceptors (Lipinski definition) is 7. The zero-order valence-corrected chi connectivity index (χ0v) is 11.4. The third-order valence-corrected chi connectivity index (χ3v) is 2.89. The molecule has 2 rings (SSSR count). The predicted molar refractivity (Wildman–Crippen MR) is 73.9 cm³/mol. The lowest BCUT2D eigenvalue weighted by molar-refractivity contribution is -0.384. The highest BCUT2D eigenvalue weighted by Crippen LogP contribution is 2.22. The van der Waals surface area contributed by atoms with Gasteiger partial charge >= 0.3 is 5.97 Å². The number of hydrogen-bond donors (Lipinski definition) is 1. The molecule has 9 nitrogen and oxygen atoms in total. The molecule has 0 aromatic heterocycles. The summed E-state index contributed by atoms with van der Waals surface area (Å²) in [5.74, 6) is -1.37. The first-order chi connectivity index (χ1) is 10.5. The molecule has 22 heavy (non-hydrogen) atoms. The Morgan fingerprint density at radius 2 is 2.27 bits per heavy atom. The van der Waals surface area contributed by atoms with Crippen LogP contribution in [0.4, 0.5) is 5.69 Å². The van der Waals surface area contributed by atoms with Crippen LogP contribution in [0.5, 0.6) is 0 Å². The first-order valence-corrected chi connectivity index (χ1v) is 6.37. The average molecular weight is 307 g/mol. The number of nitro groups is 1. The summed E-state index contributed by atoms with van der Waals surface area (Å²) >= 11 is 0. The van der Waals surface area contributed by atoms with Crippen LogP contribution in [0.15, 0.2) is 29.4 Å². The SMILES string of the molecule is NC(=O)COC(=O)CC1CC(c2cccc([N+](=O)[O-])c2)=NO1. The topological polar surface area (TPSA) is 134 Å². The summed E-state index contributed by atoms with van der Waals surface area (Å²) in [7, 11) is 0. The highest BCUT2D eigenvalue weighted by atomic mass is 16.6. The molecule has 0 radical (unpaired) electrons. The summed E-state index contributed by atoms with van der Waals surface area (Å²) in [5, 5.41) is 14.6.